The monoisotopic (exact) mass is 1450 g/mol. The van der Waals surface area contributed by atoms with Crippen molar-refractivity contribution < 1.29 is 80.2 Å². The van der Waals surface area contributed by atoms with Crippen LogP contribution in [0.2, 0.25) is 0 Å². The van der Waals surface area contributed by atoms with Gasteiger partial charge >= 0.3 is 39.5 Å². The summed E-state index contributed by atoms with van der Waals surface area (Å²) in [7, 11) is -9.97. The molecule has 100 heavy (non-hydrogen) atoms. The zero-order chi connectivity index (χ0) is 73.2. The summed E-state index contributed by atoms with van der Waals surface area (Å²) in [6.07, 6.45) is 76.8. The number of carbonyl (C=O) groups excluding carboxylic acids is 4. The summed E-state index contributed by atoms with van der Waals surface area (Å²) in [6.45, 7) is 4.74. The van der Waals surface area contributed by atoms with E-state index >= 15 is 0 Å². The van der Waals surface area contributed by atoms with Gasteiger partial charge < -0.3 is 33.8 Å². The molecule has 0 bridgehead atoms. The number of unbranched alkanes of at least 4 members (excludes halogenated alkanes) is 33. The third-order valence-corrected chi connectivity index (χ3v) is 18.4. The van der Waals surface area contributed by atoms with Crippen molar-refractivity contribution >= 4 is 39.5 Å². The molecule has 0 aromatic rings. The Labute approximate surface area is 607 Å². The van der Waals surface area contributed by atoms with Gasteiger partial charge in [0.15, 0.2) is 12.2 Å². The van der Waals surface area contributed by atoms with Gasteiger partial charge in [0.05, 0.1) is 26.4 Å². The normalized spacial score (nSPS) is 14.4. The van der Waals surface area contributed by atoms with Crippen molar-refractivity contribution in [1.82, 2.24) is 0 Å². The summed E-state index contributed by atoms with van der Waals surface area (Å²) >= 11 is 0. The first-order valence-electron chi connectivity index (χ1n) is 39.5. The molecule has 0 heterocycles. The lowest BCUT2D eigenvalue weighted by Gasteiger charge is -2.21. The number of carbonyl (C=O) groups is 4. The van der Waals surface area contributed by atoms with Gasteiger partial charge in [0.2, 0.25) is 0 Å². The smallest absolute Gasteiger partial charge is 0.462 e. The van der Waals surface area contributed by atoms with Crippen molar-refractivity contribution in [2.24, 2.45) is 0 Å². The fourth-order valence-electron chi connectivity index (χ4n) is 10.4. The lowest BCUT2D eigenvalue weighted by atomic mass is 10.1. The van der Waals surface area contributed by atoms with E-state index in [1.807, 2.05) is 12.2 Å². The second-order valence-electron chi connectivity index (χ2n) is 26.3. The number of aliphatic hydroxyl groups excluding tert-OH is 1. The predicted molar refractivity (Wildman–Crippen MR) is 409 cm³/mol. The maximum atomic E-state index is 13.1. The van der Waals surface area contributed by atoms with Crippen LogP contribution in [0.25, 0.3) is 0 Å². The first-order chi connectivity index (χ1) is 48.7. The van der Waals surface area contributed by atoms with Crippen molar-refractivity contribution in [2.75, 3.05) is 39.6 Å². The molecule has 578 valence electrons. The number of esters is 4. The Morgan fingerprint density at radius 2 is 0.530 bits per heavy atom. The molecule has 2 unspecified atom stereocenters. The molecule has 0 saturated carbocycles. The standard InChI is InChI=1S/C81H142O17P2/c1-5-9-13-17-21-25-29-33-36-37-40-43-46-50-54-58-62-66-79(84)92-72-77(98-81(86)68-64-60-56-52-48-44-39-35-31-27-23-19-15-11-7-3)74-96-100(89,90)94-70-75(82)69-93-99(87,88)95-73-76(97-80(85)67-63-59-55-51-47-41-32-28-24-20-16-12-8-4)71-91-78(83)65-61-57-53-49-45-42-38-34-30-26-22-18-14-10-6-2/h21,25,27-28,31-36,38-40,43,50,54,75-77,82H,5-20,22-24,26,29-30,37,41-42,44-49,51-53,55-74H2,1-4H3,(H,87,88)(H,89,90)/b25-21-,31-27-,32-28-,36-33-,38-34-,39-35-,43-40-,54-50-/t75-,76-,77-/m1/s1. The van der Waals surface area contributed by atoms with Gasteiger partial charge in [-0.15, -0.1) is 0 Å². The van der Waals surface area contributed by atoms with Crippen LogP contribution in [-0.2, 0) is 65.4 Å². The first kappa shape index (κ1) is 96.0. The Bertz CT molecular complexity index is 2270. The number of hydrogen-bond acceptors (Lipinski definition) is 15. The van der Waals surface area contributed by atoms with E-state index in [-0.39, 0.29) is 25.7 Å². The van der Waals surface area contributed by atoms with Crippen molar-refractivity contribution in [2.45, 2.75) is 354 Å². The van der Waals surface area contributed by atoms with Crippen LogP contribution in [0.3, 0.4) is 0 Å². The zero-order valence-corrected chi connectivity index (χ0v) is 64.9. The lowest BCUT2D eigenvalue weighted by molar-refractivity contribution is -0.161. The number of phosphoric acid groups is 2. The third-order valence-electron chi connectivity index (χ3n) is 16.5. The second-order valence-corrected chi connectivity index (χ2v) is 29.2. The van der Waals surface area contributed by atoms with E-state index in [1.165, 1.54) is 109 Å². The summed E-state index contributed by atoms with van der Waals surface area (Å²) in [5, 5.41) is 10.6. The van der Waals surface area contributed by atoms with Gasteiger partial charge in [-0.2, -0.15) is 0 Å². The van der Waals surface area contributed by atoms with Crippen molar-refractivity contribution in [3.05, 3.63) is 97.2 Å². The maximum Gasteiger partial charge on any atom is 0.472 e. The Morgan fingerprint density at radius 3 is 0.890 bits per heavy atom. The third kappa shape index (κ3) is 72.3. The molecule has 0 aliphatic heterocycles. The minimum absolute atomic E-state index is 0.0655. The number of ether oxygens (including phenoxy) is 4. The summed E-state index contributed by atoms with van der Waals surface area (Å²) in [5.74, 6) is -2.26. The van der Waals surface area contributed by atoms with Gasteiger partial charge in [0, 0.05) is 25.7 Å². The Balaban J connectivity index is 5.41. The molecule has 0 spiro atoms. The fraction of sp³-hybridized carbons (Fsp3) is 0.753. The van der Waals surface area contributed by atoms with Gasteiger partial charge in [-0.3, -0.25) is 37.3 Å². The zero-order valence-electron chi connectivity index (χ0n) is 63.1. The van der Waals surface area contributed by atoms with Crippen LogP contribution in [-0.4, -0.2) is 96.7 Å². The maximum absolute atomic E-state index is 13.1. The van der Waals surface area contributed by atoms with Crippen LogP contribution in [0.15, 0.2) is 97.2 Å². The first-order valence-corrected chi connectivity index (χ1v) is 42.5. The van der Waals surface area contributed by atoms with Gasteiger partial charge in [0.1, 0.15) is 19.3 Å². The van der Waals surface area contributed by atoms with Gasteiger partial charge in [-0.05, 0) is 141 Å². The second kappa shape index (κ2) is 73.3. The van der Waals surface area contributed by atoms with Crippen LogP contribution in [0, 0.1) is 0 Å². The highest BCUT2D eigenvalue weighted by atomic mass is 31.2. The van der Waals surface area contributed by atoms with Crippen LogP contribution >= 0.6 is 15.6 Å². The average molecular weight is 1450 g/mol. The molecule has 0 aromatic carbocycles. The lowest BCUT2D eigenvalue weighted by Crippen LogP contribution is -2.30. The van der Waals surface area contributed by atoms with Crippen LogP contribution in [0.4, 0.5) is 0 Å². The highest BCUT2D eigenvalue weighted by Gasteiger charge is 2.30. The molecular weight excluding hydrogens is 1310 g/mol. The van der Waals surface area contributed by atoms with Crippen molar-refractivity contribution in [3.8, 4) is 0 Å². The van der Waals surface area contributed by atoms with Crippen molar-refractivity contribution in [3.63, 3.8) is 0 Å². The van der Waals surface area contributed by atoms with Crippen molar-refractivity contribution in [1.29, 1.82) is 0 Å². The molecule has 3 N–H and O–H groups in total. The van der Waals surface area contributed by atoms with Gasteiger partial charge in [0.25, 0.3) is 0 Å². The fourth-order valence-corrected chi connectivity index (χ4v) is 12.0. The highest BCUT2D eigenvalue weighted by molar-refractivity contribution is 7.47. The molecule has 0 amide bonds. The van der Waals surface area contributed by atoms with Gasteiger partial charge in [-0.25, -0.2) is 9.13 Å². The average Bonchev–Trinajstić information content (AvgIpc) is 1.06. The van der Waals surface area contributed by atoms with E-state index < -0.39 is 97.5 Å². The van der Waals surface area contributed by atoms with E-state index in [2.05, 4.69) is 113 Å². The van der Waals surface area contributed by atoms with E-state index in [0.717, 1.165) is 141 Å². The molecular formula is C81H142O17P2. The highest BCUT2D eigenvalue weighted by Crippen LogP contribution is 2.45. The molecule has 0 rings (SSSR count). The number of phosphoric ester groups is 2. The summed E-state index contributed by atoms with van der Waals surface area (Å²) in [6, 6.07) is 0. The van der Waals surface area contributed by atoms with Gasteiger partial charge in [-0.1, -0.05) is 266 Å². The molecule has 0 saturated heterocycles. The summed E-state index contributed by atoms with van der Waals surface area (Å²) in [4.78, 5) is 72.9. The van der Waals surface area contributed by atoms with E-state index in [1.54, 1.807) is 0 Å². The SMILES string of the molecule is CCCCC/C=C\C/C=C\C/C=C\C/C=C\CCCC(=O)OC[C@H](COP(=O)(O)OC[C@H](O)COP(=O)(O)OC[C@@H](COC(=O)CCCCCCC/C=C\CCCCCCCC)OC(=O)CCCCCCC/C=C\CCCCCC)OC(=O)CCCCCCC/C=C\C=C/CCCCCC. The summed E-state index contributed by atoms with van der Waals surface area (Å²) < 4.78 is 68.5. The minimum Gasteiger partial charge on any atom is -0.462 e. The van der Waals surface area contributed by atoms with E-state index in [4.69, 9.17) is 37.0 Å². The Morgan fingerprint density at radius 1 is 0.290 bits per heavy atom. The Kier molecular flexibility index (Phi) is 70.4. The summed E-state index contributed by atoms with van der Waals surface area (Å²) in [5.41, 5.74) is 0. The van der Waals surface area contributed by atoms with Crippen LogP contribution in [0.5, 0.6) is 0 Å². The Hall–Kier alpha value is -4.02. The molecule has 0 aromatic heterocycles. The molecule has 19 heteroatoms. The number of aliphatic hydroxyl groups is 1. The molecule has 0 fully saturated rings. The largest absolute Gasteiger partial charge is 0.472 e. The number of rotatable bonds is 74. The number of hydrogen-bond donors (Lipinski definition) is 3. The molecule has 0 aliphatic rings. The van der Waals surface area contributed by atoms with E-state index in [0.29, 0.717) is 32.1 Å². The topological polar surface area (TPSA) is 237 Å². The minimum atomic E-state index is -4.99. The van der Waals surface area contributed by atoms with E-state index in [9.17, 15) is 43.2 Å². The quantitative estimate of drug-likeness (QED) is 0.0128. The molecule has 0 radical (unpaired) electrons. The van der Waals surface area contributed by atoms with Crippen LogP contribution < -0.4 is 0 Å². The predicted octanol–water partition coefficient (Wildman–Crippen LogP) is 22.8. The molecule has 17 nitrogen and oxygen atoms in total. The molecule has 5 atom stereocenters. The number of allylic oxidation sites excluding steroid dienone is 16. The van der Waals surface area contributed by atoms with Crippen LogP contribution in [0.1, 0.15) is 336 Å². The molecule has 0 aliphatic carbocycles.